The molecule has 3 N–H and O–H groups in total. The van der Waals surface area contributed by atoms with Crippen molar-refractivity contribution in [3.8, 4) is 11.3 Å². The maximum absolute atomic E-state index is 15.1. The Morgan fingerprint density at radius 3 is 2.38 bits per heavy atom. The molecular weight excluding hydrogens is 586 g/mol. The number of aromatic nitrogens is 1. The molecule has 0 bridgehead atoms. The number of nitrogens with zero attached hydrogens (tertiary/aromatic N) is 3. The first kappa shape index (κ1) is 34.9. The summed E-state index contributed by atoms with van der Waals surface area (Å²) in [5.41, 5.74) is 17.1. The van der Waals surface area contributed by atoms with Crippen molar-refractivity contribution in [2.24, 2.45) is 12.8 Å². The van der Waals surface area contributed by atoms with Gasteiger partial charge in [-0.3, -0.25) is 14.5 Å². The van der Waals surface area contributed by atoms with Crippen LogP contribution in [0.3, 0.4) is 0 Å². The summed E-state index contributed by atoms with van der Waals surface area (Å²) >= 11 is 0. The average Bonchev–Trinajstić information content (AvgIpc) is 3.33. The van der Waals surface area contributed by atoms with Gasteiger partial charge in [0, 0.05) is 62.6 Å². The normalized spacial score (nSPS) is 17.8. The van der Waals surface area contributed by atoms with E-state index < -0.39 is 0 Å². The summed E-state index contributed by atoms with van der Waals surface area (Å²) in [7, 11) is 2.23. The Morgan fingerprint density at radius 2 is 1.68 bits per heavy atom. The zero-order valence-electron chi connectivity index (χ0n) is 29.1. The van der Waals surface area contributed by atoms with Gasteiger partial charge < -0.3 is 25.3 Å². The monoisotopic (exact) mass is 641 g/mol. The van der Waals surface area contributed by atoms with E-state index in [9.17, 15) is 0 Å². The number of hydrogen-bond donors (Lipinski definition) is 2. The number of amides is 2. The van der Waals surface area contributed by atoms with Gasteiger partial charge in [-0.15, -0.1) is 0 Å². The summed E-state index contributed by atoms with van der Waals surface area (Å²) in [5.74, 6) is 0.177. The van der Waals surface area contributed by atoms with Crippen molar-refractivity contribution in [3.63, 3.8) is 0 Å². The maximum atomic E-state index is 15.1. The van der Waals surface area contributed by atoms with Gasteiger partial charge in [0.25, 0.3) is 5.91 Å². The predicted molar refractivity (Wildman–Crippen MR) is 190 cm³/mol. The first-order valence-corrected chi connectivity index (χ1v) is 17.8. The molecule has 1 atom stereocenters. The molecule has 3 aliphatic rings. The van der Waals surface area contributed by atoms with Gasteiger partial charge >= 0.3 is 0 Å². The van der Waals surface area contributed by atoms with Crippen molar-refractivity contribution in [1.82, 2.24) is 19.7 Å². The summed E-state index contributed by atoms with van der Waals surface area (Å²) in [6, 6.07) is 13.5. The fourth-order valence-corrected chi connectivity index (χ4v) is 7.72. The van der Waals surface area contributed by atoms with Crippen LogP contribution in [0.25, 0.3) is 11.3 Å². The smallest absolute Gasteiger partial charge is 0.255 e. The minimum atomic E-state index is 0.132. The fourth-order valence-electron chi connectivity index (χ4n) is 7.72. The number of nitrogens with two attached hydrogens (primary N) is 1. The van der Waals surface area contributed by atoms with Crippen LogP contribution in [-0.4, -0.2) is 72.1 Å². The molecule has 0 aliphatic carbocycles. The zero-order valence-corrected chi connectivity index (χ0v) is 29.1. The number of carbonyl (C=O) groups excluding carboxylic acids is 2. The van der Waals surface area contributed by atoms with E-state index in [0.29, 0.717) is 6.54 Å². The van der Waals surface area contributed by atoms with Crippen molar-refractivity contribution in [2.45, 2.75) is 91.3 Å². The van der Waals surface area contributed by atoms with Crippen LogP contribution in [0.15, 0.2) is 36.4 Å². The van der Waals surface area contributed by atoms with Gasteiger partial charge in [-0.25, -0.2) is 0 Å². The second-order valence-corrected chi connectivity index (χ2v) is 13.4. The Labute approximate surface area is 281 Å². The standard InChI is InChI=1S/C38H52N4O2.CH3NO/c1-5-7-13-33-27(3)40(4)37(34(33)14-8-6-2)35-22-29-15-16-39-24-31(29)23-36(35)38(43)42-25-30-12-10-9-11-28(30)21-32(42)26-41-17-19-44-20-18-41;2-1-3/h9-12,22-23,32,39H,5-8,13-21,24-26H2,1-4H3;1H,(H2,2,3)/t32-;/m0./s1. The van der Waals surface area contributed by atoms with Crippen molar-refractivity contribution in [3.05, 3.63) is 81.0 Å². The molecule has 0 unspecified atom stereocenters. The highest BCUT2D eigenvalue weighted by Gasteiger charge is 2.34. The third-order valence-corrected chi connectivity index (χ3v) is 10.4. The first-order chi connectivity index (χ1) is 22.9. The molecule has 6 rings (SSSR count). The van der Waals surface area contributed by atoms with E-state index in [1.165, 1.54) is 64.0 Å². The number of carbonyl (C=O) groups is 2. The van der Waals surface area contributed by atoms with Crippen LogP contribution < -0.4 is 11.1 Å². The molecule has 1 fully saturated rings. The Bertz CT molecular complexity index is 1520. The molecule has 1 saturated heterocycles. The van der Waals surface area contributed by atoms with Crippen LogP contribution >= 0.6 is 0 Å². The molecular formula is C39H55N5O3. The molecule has 3 aromatic rings. The largest absolute Gasteiger partial charge is 0.379 e. The molecule has 0 spiro atoms. The van der Waals surface area contributed by atoms with E-state index in [1.807, 2.05) is 0 Å². The summed E-state index contributed by atoms with van der Waals surface area (Å²) in [6.45, 7) is 13.6. The lowest BCUT2D eigenvalue weighted by atomic mass is 9.88. The number of unbranched alkanes of at least 4 members (excludes halogenated alkanes) is 2. The van der Waals surface area contributed by atoms with Crippen LogP contribution in [0, 0.1) is 6.92 Å². The predicted octanol–water partition coefficient (Wildman–Crippen LogP) is 5.33. The second-order valence-electron chi connectivity index (χ2n) is 13.4. The van der Waals surface area contributed by atoms with Gasteiger partial charge in [0.1, 0.15) is 0 Å². The Morgan fingerprint density at radius 1 is 1.00 bits per heavy atom. The molecule has 4 heterocycles. The van der Waals surface area contributed by atoms with Gasteiger partial charge in [0.2, 0.25) is 6.41 Å². The van der Waals surface area contributed by atoms with Crippen LogP contribution in [-0.2, 0) is 55.4 Å². The molecule has 1 aromatic heterocycles. The van der Waals surface area contributed by atoms with Crippen LogP contribution in [0.2, 0.25) is 0 Å². The Hall–Kier alpha value is -3.46. The minimum Gasteiger partial charge on any atom is -0.379 e. The number of morpholine rings is 1. The summed E-state index contributed by atoms with van der Waals surface area (Å²) in [5, 5.41) is 3.56. The molecule has 3 aliphatic heterocycles. The second kappa shape index (κ2) is 16.6. The highest BCUT2D eigenvalue weighted by atomic mass is 16.5. The number of nitrogens with one attached hydrogen (secondary N) is 1. The van der Waals surface area contributed by atoms with E-state index >= 15 is 4.79 Å². The highest BCUT2D eigenvalue weighted by molar-refractivity contribution is 6.02. The highest BCUT2D eigenvalue weighted by Crippen LogP contribution is 2.38. The van der Waals surface area contributed by atoms with Crippen molar-refractivity contribution in [1.29, 1.82) is 0 Å². The minimum absolute atomic E-state index is 0.132. The van der Waals surface area contributed by atoms with Crippen LogP contribution in [0.1, 0.15) is 89.0 Å². The summed E-state index contributed by atoms with van der Waals surface area (Å²) in [4.78, 5) is 28.4. The molecule has 2 aromatic carbocycles. The average molecular weight is 642 g/mol. The summed E-state index contributed by atoms with van der Waals surface area (Å²) < 4.78 is 8.07. The van der Waals surface area contributed by atoms with E-state index in [2.05, 4.69) is 89.6 Å². The topological polar surface area (TPSA) is 92.8 Å². The van der Waals surface area contributed by atoms with Gasteiger partial charge in [-0.1, -0.05) is 51.0 Å². The number of ether oxygens (including phenoxy) is 1. The quantitative estimate of drug-likeness (QED) is 0.292. The Balaban J connectivity index is 0.00000139. The van der Waals surface area contributed by atoms with Gasteiger partial charge in [-0.2, -0.15) is 0 Å². The lowest BCUT2D eigenvalue weighted by Crippen LogP contribution is -2.52. The number of rotatable bonds is 10. The van der Waals surface area contributed by atoms with Crippen LogP contribution in [0.5, 0.6) is 0 Å². The van der Waals surface area contributed by atoms with E-state index in [1.54, 1.807) is 0 Å². The number of hydrogen-bond acceptors (Lipinski definition) is 5. The number of primary amides is 1. The molecule has 8 heteroatoms. The summed E-state index contributed by atoms with van der Waals surface area (Å²) in [6.07, 6.45) is 9.04. The van der Waals surface area contributed by atoms with Gasteiger partial charge in [0.05, 0.1) is 18.9 Å². The molecule has 0 radical (unpaired) electrons. The van der Waals surface area contributed by atoms with Crippen LogP contribution in [0.4, 0.5) is 0 Å². The number of benzene rings is 2. The maximum Gasteiger partial charge on any atom is 0.255 e. The third kappa shape index (κ3) is 7.82. The van der Waals surface area contributed by atoms with Gasteiger partial charge in [0.15, 0.2) is 0 Å². The van der Waals surface area contributed by atoms with E-state index in [4.69, 9.17) is 9.53 Å². The Kier molecular flexibility index (Phi) is 12.3. The van der Waals surface area contributed by atoms with Gasteiger partial charge in [-0.05, 0) is 97.5 Å². The van der Waals surface area contributed by atoms with Crippen molar-refractivity contribution >= 4 is 12.3 Å². The van der Waals surface area contributed by atoms with Crippen molar-refractivity contribution in [2.75, 3.05) is 39.4 Å². The third-order valence-electron chi connectivity index (χ3n) is 10.4. The lowest BCUT2D eigenvalue weighted by Gasteiger charge is -2.41. The van der Waals surface area contributed by atoms with E-state index in [0.717, 1.165) is 89.2 Å². The molecule has 2 amide bonds. The van der Waals surface area contributed by atoms with E-state index in [-0.39, 0.29) is 18.4 Å². The molecule has 47 heavy (non-hydrogen) atoms. The molecule has 8 nitrogen and oxygen atoms in total. The van der Waals surface area contributed by atoms with Crippen molar-refractivity contribution < 1.29 is 14.3 Å². The zero-order chi connectivity index (χ0) is 33.3. The molecule has 254 valence electrons. The SMILES string of the molecule is CCCCc1c(CCCC)c(-c2cc3c(cc2C(=O)N2Cc4ccccc4C[C@H]2CN2CCOCC2)CNCC3)n(C)c1C.NC=O. The lowest BCUT2D eigenvalue weighted by molar-refractivity contribution is -0.106. The number of fused-ring (bicyclic) bond motifs is 2. The fraction of sp³-hybridized carbons (Fsp3) is 0.538. The first-order valence-electron chi connectivity index (χ1n) is 17.8. The molecule has 0 saturated carbocycles.